The SMILES string of the molecule is CC(C)CS(=O)(=O)NO[B]Oc1ccccc1. The minimum absolute atomic E-state index is 0.00613. The van der Waals surface area contributed by atoms with Crippen molar-refractivity contribution >= 4 is 17.7 Å². The minimum atomic E-state index is -3.42. The van der Waals surface area contributed by atoms with Crippen LogP contribution in [0.2, 0.25) is 0 Å². The quantitative estimate of drug-likeness (QED) is 0.451. The van der Waals surface area contributed by atoms with E-state index in [0.29, 0.717) is 5.75 Å². The van der Waals surface area contributed by atoms with Crippen LogP contribution >= 0.6 is 0 Å². The molecule has 5 nitrogen and oxygen atoms in total. The molecule has 0 unspecified atom stereocenters. The third-order valence-electron chi connectivity index (χ3n) is 1.70. The molecule has 1 radical (unpaired) electrons. The molecular weight excluding hydrogens is 241 g/mol. The van der Waals surface area contributed by atoms with E-state index < -0.39 is 10.0 Å². The summed E-state index contributed by atoms with van der Waals surface area (Å²) < 4.78 is 32.3. The van der Waals surface area contributed by atoms with Gasteiger partial charge in [0.05, 0.1) is 5.75 Å². The van der Waals surface area contributed by atoms with Gasteiger partial charge < -0.3 is 9.41 Å². The second kappa shape index (κ2) is 6.63. The molecule has 0 saturated heterocycles. The lowest BCUT2D eigenvalue weighted by molar-refractivity contribution is 0.245. The van der Waals surface area contributed by atoms with Crippen molar-refractivity contribution in [2.75, 3.05) is 5.75 Å². The van der Waals surface area contributed by atoms with Gasteiger partial charge in [0.25, 0.3) is 0 Å². The number of hydrogen-bond donors (Lipinski definition) is 1. The van der Waals surface area contributed by atoms with Crippen LogP contribution in [-0.2, 0) is 14.8 Å². The maximum atomic E-state index is 11.3. The second-order valence-electron chi connectivity index (χ2n) is 3.90. The molecule has 0 aromatic heterocycles. The first-order chi connectivity index (χ1) is 7.99. The first-order valence-electron chi connectivity index (χ1n) is 5.18. The number of hydrogen-bond acceptors (Lipinski definition) is 4. The molecule has 0 fully saturated rings. The van der Waals surface area contributed by atoms with Gasteiger partial charge in [-0.15, -0.1) is 4.89 Å². The number of para-hydroxylation sites is 1. The molecule has 0 saturated carbocycles. The van der Waals surface area contributed by atoms with Crippen molar-refractivity contribution in [3.05, 3.63) is 30.3 Å². The average molecular weight is 256 g/mol. The molecule has 0 amide bonds. The standard InChI is InChI=1S/C10H15BNO4S/c1-9(2)8-17(13,14)12-16-11-15-10-6-4-3-5-7-10/h3-7,9,12H,8H2,1-2H3. The summed E-state index contributed by atoms with van der Waals surface area (Å²) in [5.41, 5.74) is 0. The first-order valence-corrected chi connectivity index (χ1v) is 6.83. The first kappa shape index (κ1) is 14.0. The van der Waals surface area contributed by atoms with Crippen LogP contribution in [0.3, 0.4) is 0 Å². The van der Waals surface area contributed by atoms with Crippen LogP contribution in [0.1, 0.15) is 13.8 Å². The highest BCUT2D eigenvalue weighted by molar-refractivity contribution is 7.89. The van der Waals surface area contributed by atoms with Crippen LogP contribution in [0.25, 0.3) is 0 Å². The van der Waals surface area contributed by atoms with E-state index in [1.165, 1.54) is 0 Å². The fraction of sp³-hybridized carbons (Fsp3) is 0.400. The third-order valence-corrected chi connectivity index (χ3v) is 3.16. The zero-order chi connectivity index (χ0) is 12.7. The summed E-state index contributed by atoms with van der Waals surface area (Å²) in [6.07, 6.45) is 0. The lowest BCUT2D eigenvalue weighted by atomic mass is 10.3. The Morgan fingerprint density at radius 2 is 1.94 bits per heavy atom. The van der Waals surface area contributed by atoms with Gasteiger partial charge in [-0.1, -0.05) is 32.0 Å². The Kier molecular flexibility index (Phi) is 5.47. The highest BCUT2D eigenvalue weighted by atomic mass is 32.2. The predicted molar refractivity (Wildman–Crippen MR) is 65.7 cm³/mol. The zero-order valence-electron chi connectivity index (χ0n) is 9.79. The van der Waals surface area contributed by atoms with Gasteiger partial charge in [0.2, 0.25) is 10.0 Å². The molecule has 0 aliphatic rings. The minimum Gasteiger partial charge on any atom is -0.536 e. The molecule has 0 aliphatic carbocycles. The van der Waals surface area contributed by atoms with Crippen molar-refractivity contribution in [2.45, 2.75) is 13.8 Å². The van der Waals surface area contributed by atoms with Crippen molar-refractivity contribution in [1.29, 1.82) is 0 Å². The molecule has 0 spiro atoms. The van der Waals surface area contributed by atoms with Crippen LogP contribution in [0, 0.1) is 5.92 Å². The van der Waals surface area contributed by atoms with Gasteiger partial charge in [-0.2, -0.15) is 0 Å². The van der Waals surface area contributed by atoms with E-state index in [1.54, 1.807) is 24.3 Å². The summed E-state index contributed by atoms with van der Waals surface area (Å²) >= 11 is 0. The molecule has 0 bridgehead atoms. The maximum absolute atomic E-state index is 11.3. The Balaban J connectivity index is 2.25. The van der Waals surface area contributed by atoms with Crippen LogP contribution in [0.15, 0.2) is 30.3 Å². The maximum Gasteiger partial charge on any atom is 0.591 e. The molecule has 0 atom stereocenters. The number of benzene rings is 1. The second-order valence-corrected chi connectivity index (χ2v) is 5.63. The highest BCUT2D eigenvalue weighted by Crippen LogP contribution is 2.07. The summed E-state index contributed by atoms with van der Waals surface area (Å²) in [7, 11) is -2.48. The number of sulfonamides is 1. The number of rotatable bonds is 7. The normalized spacial score (nSPS) is 11.5. The largest absolute Gasteiger partial charge is 0.591 e. The van der Waals surface area contributed by atoms with Crippen LogP contribution in [-0.4, -0.2) is 21.9 Å². The van der Waals surface area contributed by atoms with Crippen molar-refractivity contribution in [3.63, 3.8) is 0 Å². The molecule has 7 heteroatoms. The molecule has 17 heavy (non-hydrogen) atoms. The molecular formula is C10H15BNO4S. The fourth-order valence-corrected chi connectivity index (χ4v) is 2.28. The fourth-order valence-electron chi connectivity index (χ4n) is 1.14. The topological polar surface area (TPSA) is 64.6 Å². The van der Waals surface area contributed by atoms with Crippen molar-refractivity contribution in [1.82, 2.24) is 4.89 Å². The molecule has 0 aliphatic heterocycles. The summed E-state index contributed by atoms with van der Waals surface area (Å²) in [6.45, 7) is 3.62. The van der Waals surface area contributed by atoms with E-state index in [0.717, 1.165) is 7.69 Å². The van der Waals surface area contributed by atoms with E-state index in [1.807, 2.05) is 24.8 Å². The van der Waals surface area contributed by atoms with E-state index >= 15 is 0 Å². The Morgan fingerprint density at radius 1 is 1.29 bits per heavy atom. The summed E-state index contributed by atoms with van der Waals surface area (Å²) in [6, 6.07) is 8.89. The summed E-state index contributed by atoms with van der Waals surface area (Å²) in [4.78, 5) is 1.95. The van der Waals surface area contributed by atoms with Crippen LogP contribution in [0.4, 0.5) is 0 Å². The summed E-state index contributed by atoms with van der Waals surface area (Å²) in [5.74, 6) is 0.605. The predicted octanol–water partition coefficient (Wildman–Crippen LogP) is 1.11. The molecule has 1 aromatic rings. The van der Waals surface area contributed by atoms with E-state index in [2.05, 4.69) is 4.76 Å². The molecule has 93 valence electrons. The summed E-state index contributed by atoms with van der Waals surface area (Å²) in [5, 5.41) is 0. The van der Waals surface area contributed by atoms with Gasteiger partial charge in [-0.05, 0) is 18.1 Å². The van der Waals surface area contributed by atoms with Crippen LogP contribution in [0.5, 0.6) is 5.75 Å². The van der Waals surface area contributed by atoms with Gasteiger partial charge >= 0.3 is 7.69 Å². The monoisotopic (exact) mass is 256 g/mol. The third kappa shape index (κ3) is 6.30. The molecule has 1 aromatic carbocycles. The molecule has 1 N–H and O–H groups in total. The molecule has 1 rings (SSSR count). The highest BCUT2D eigenvalue weighted by Gasteiger charge is 2.13. The Labute approximate surface area is 102 Å². The van der Waals surface area contributed by atoms with E-state index in [-0.39, 0.29) is 11.7 Å². The van der Waals surface area contributed by atoms with Gasteiger partial charge in [-0.25, -0.2) is 8.42 Å². The van der Waals surface area contributed by atoms with Crippen molar-refractivity contribution < 1.29 is 17.8 Å². The zero-order valence-corrected chi connectivity index (χ0v) is 10.6. The van der Waals surface area contributed by atoms with Gasteiger partial charge in [0, 0.05) is 0 Å². The van der Waals surface area contributed by atoms with E-state index in [9.17, 15) is 8.42 Å². The van der Waals surface area contributed by atoms with Gasteiger partial charge in [0.1, 0.15) is 5.75 Å². The Morgan fingerprint density at radius 3 is 2.53 bits per heavy atom. The Hall–Kier alpha value is -1.05. The lowest BCUT2D eigenvalue weighted by Crippen LogP contribution is -2.31. The van der Waals surface area contributed by atoms with Gasteiger partial charge in [-0.3, -0.25) is 0 Å². The Bertz CT molecular complexity index is 421. The van der Waals surface area contributed by atoms with Crippen molar-refractivity contribution in [3.8, 4) is 5.75 Å². The lowest BCUT2D eigenvalue weighted by Gasteiger charge is -2.08. The van der Waals surface area contributed by atoms with Gasteiger partial charge in [0.15, 0.2) is 0 Å². The number of nitrogens with one attached hydrogen (secondary N) is 1. The smallest absolute Gasteiger partial charge is 0.536 e. The van der Waals surface area contributed by atoms with Crippen molar-refractivity contribution in [2.24, 2.45) is 5.92 Å². The van der Waals surface area contributed by atoms with Crippen LogP contribution < -0.4 is 9.54 Å². The average Bonchev–Trinajstić information content (AvgIpc) is 2.24. The molecule has 0 heterocycles. The van der Waals surface area contributed by atoms with E-state index in [4.69, 9.17) is 4.65 Å².